The van der Waals surface area contributed by atoms with Crippen LogP contribution in [0.3, 0.4) is 0 Å². The molecule has 1 atom stereocenters. The van der Waals surface area contributed by atoms with E-state index in [1.807, 2.05) is 19.1 Å². The fourth-order valence-corrected chi connectivity index (χ4v) is 5.75. The number of allylic oxidation sites excluding steroid dienone is 1. The first kappa shape index (κ1) is 28.6. The summed E-state index contributed by atoms with van der Waals surface area (Å²) < 4.78 is 23.7. The molecule has 12 heteroatoms. The lowest BCUT2D eigenvalue weighted by atomic mass is 9.96. The highest BCUT2D eigenvalue weighted by Gasteiger charge is 2.33. The van der Waals surface area contributed by atoms with Crippen molar-refractivity contribution in [3.63, 3.8) is 0 Å². The van der Waals surface area contributed by atoms with Crippen molar-refractivity contribution < 1.29 is 28.3 Å². The van der Waals surface area contributed by atoms with Gasteiger partial charge in [0, 0.05) is 6.08 Å². The molecule has 5 rings (SSSR count). The third kappa shape index (κ3) is 5.36. The van der Waals surface area contributed by atoms with Crippen LogP contribution in [-0.4, -0.2) is 35.8 Å². The van der Waals surface area contributed by atoms with Gasteiger partial charge in [-0.25, -0.2) is 9.79 Å². The summed E-state index contributed by atoms with van der Waals surface area (Å²) in [4.78, 5) is 43.0. The number of nitrogens with zero attached hydrogens (tertiary/aromatic N) is 3. The summed E-state index contributed by atoms with van der Waals surface area (Å²) in [6.07, 6.45) is 1.56. The third-order valence-electron chi connectivity index (χ3n) is 6.59. The number of fused-ring (bicyclic) bond motifs is 1. The largest absolute Gasteiger partial charge is 0.497 e. The van der Waals surface area contributed by atoms with Crippen LogP contribution in [0.25, 0.3) is 17.4 Å². The quantitative estimate of drug-likeness (QED) is 0.160. The van der Waals surface area contributed by atoms with Gasteiger partial charge in [-0.1, -0.05) is 23.5 Å². The zero-order valence-corrected chi connectivity index (χ0v) is 24.1. The van der Waals surface area contributed by atoms with E-state index in [0.29, 0.717) is 44.5 Å². The van der Waals surface area contributed by atoms with Crippen LogP contribution >= 0.6 is 11.3 Å². The van der Waals surface area contributed by atoms with Crippen molar-refractivity contribution >= 4 is 29.1 Å². The second kappa shape index (κ2) is 11.9. The number of benzene rings is 2. The van der Waals surface area contributed by atoms with Crippen LogP contribution in [0.5, 0.6) is 11.5 Å². The molecule has 0 fully saturated rings. The summed E-state index contributed by atoms with van der Waals surface area (Å²) in [7, 11) is 1.43. The Labute approximate surface area is 243 Å². The maximum absolute atomic E-state index is 13.8. The van der Waals surface area contributed by atoms with Crippen molar-refractivity contribution in [2.24, 2.45) is 4.99 Å². The second-order valence-corrected chi connectivity index (χ2v) is 10.2. The van der Waals surface area contributed by atoms with E-state index < -0.39 is 16.9 Å². The molecule has 2 aromatic heterocycles. The van der Waals surface area contributed by atoms with Crippen molar-refractivity contribution in [1.29, 1.82) is 0 Å². The summed E-state index contributed by atoms with van der Waals surface area (Å²) >= 11 is 1.15. The van der Waals surface area contributed by atoms with Crippen LogP contribution in [0.2, 0.25) is 0 Å². The van der Waals surface area contributed by atoms with Gasteiger partial charge in [-0.2, -0.15) is 0 Å². The molecule has 0 saturated heterocycles. The first-order valence-electron chi connectivity index (χ1n) is 13.1. The minimum atomic E-state index is -0.771. The van der Waals surface area contributed by atoms with Crippen molar-refractivity contribution in [1.82, 2.24) is 4.57 Å². The Morgan fingerprint density at radius 2 is 1.86 bits per heavy atom. The zero-order chi connectivity index (χ0) is 30.0. The average molecular weight is 590 g/mol. The number of nitro benzene ring substituents is 1. The lowest BCUT2D eigenvalue weighted by molar-refractivity contribution is -0.384. The van der Waals surface area contributed by atoms with Gasteiger partial charge in [-0.15, -0.1) is 0 Å². The maximum atomic E-state index is 13.8. The summed E-state index contributed by atoms with van der Waals surface area (Å²) in [5, 5.41) is 11.7. The van der Waals surface area contributed by atoms with Crippen LogP contribution in [-0.2, 0) is 9.53 Å². The Kier molecular flexibility index (Phi) is 8.07. The molecule has 0 amide bonds. The normalized spacial score (nSPS) is 14.8. The average Bonchev–Trinajstić information content (AvgIpc) is 3.56. The number of rotatable bonds is 9. The number of aromatic nitrogens is 1. The monoisotopic (exact) mass is 589 g/mol. The van der Waals surface area contributed by atoms with Gasteiger partial charge >= 0.3 is 5.97 Å². The molecule has 0 bridgehead atoms. The van der Waals surface area contributed by atoms with E-state index in [2.05, 4.69) is 4.99 Å². The van der Waals surface area contributed by atoms with Gasteiger partial charge in [0.1, 0.15) is 23.0 Å². The molecule has 216 valence electrons. The lowest BCUT2D eigenvalue weighted by Gasteiger charge is -2.24. The molecule has 0 radical (unpaired) electrons. The Morgan fingerprint density at radius 3 is 2.52 bits per heavy atom. The number of methoxy groups -OCH3 is 1. The molecule has 1 aliphatic rings. The Morgan fingerprint density at radius 1 is 1.12 bits per heavy atom. The molecule has 0 saturated carbocycles. The van der Waals surface area contributed by atoms with Gasteiger partial charge in [0.15, 0.2) is 4.80 Å². The summed E-state index contributed by atoms with van der Waals surface area (Å²) in [5.74, 6) is 1.04. The summed E-state index contributed by atoms with van der Waals surface area (Å²) in [6, 6.07) is 14.1. The van der Waals surface area contributed by atoms with Crippen molar-refractivity contribution in [2.75, 3.05) is 20.3 Å². The molecule has 0 spiro atoms. The van der Waals surface area contributed by atoms with Crippen LogP contribution in [0, 0.1) is 10.1 Å². The van der Waals surface area contributed by atoms with Crippen LogP contribution in [0.15, 0.2) is 80.1 Å². The minimum Gasteiger partial charge on any atom is -0.497 e. The fraction of sp³-hybridized carbons (Fsp3) is 0.233. The number of ether oxygens (including phenoxy) is 3. The van der Waals surface area contributed by atoms with Crippen molar-refractivity contribution in [3.8, 4) is 22.8 Å². The second-order valence-electron chi connectivity index (χ2n) is 9.15. The Bertz CT molecular complexity index is 1880. The smallest absolute Gasteiger partial charge is 0.338 e. The number of hydrogen-bond donors (Lipinski definition) is 0. The Balaban J connectivity index is 1.61. The molecule has 4 aromatic rings. The standard InChI is InChI=1S/C30H27N3O8S/c1-5-39-19-9-7-18(8-10-19)27-26(29(35)40-6-2)17(3)31-30-32(27)28(34)25(42-30)16-21-12-14-24(41-21)22-13-11-20(38-4)15-23(22)33(36)37/h7-16,27H,5-6H2,1-4H3/b25-16-/t27-/m1/s1. The van der Waals surface area contributed by atoms with E-state index in [9.17, 15) is 19.7 Å². The first-order valence-corrected chi connectivity index (χ1v) is 13.9. The van der Waals surface area contributed by atoms with Crippen molar-refractivity contribution in [3.05, 3.63) is 107 Å². The maximum Gasteiger partial charge on any atom is 0.338 e. The number of thiazole rings is 1. The highest BCUT2D eigenvalue weighted by atomic mass is 32.1. The fourth-order valence-electron chi connectivity index (χ4n) is 4.72. The molecule has 0 N–H and O–H groups in total. The van der Waals surface area contributed by atoms with E-state index in [0.717, 1.165) is 11.3 Å². The number of hydrogen-bond acceptors (Lipinski definition) is 10. The highest BCUT2D eigenvalue weighted by molar-refractivity contribution is 7.07. The van der Waals surface area contributed by atoms with E-state index in [-0.39, 0.29) is 34.8 Å². The molecular weight excluding hydrogens is 562 g/mol. The third-order valence-corrected chi connectivity index (χ3v) is 7.57. The molecular formula is C30H27N3O8S. The predicted octanol–water partition coefficient (Wildman–Crippen LogP) is 4.37. The predicted molar refractivity (Wildman–Crippen MR) is 155 cm³/mol. The molecule has 42 heavy (non-hydrogen) atoms. The first-order chi connectivity index (χ1) is 20.2. The molecule has 0 aliphatic carbocycles. The summed E-state index contributed by atoms with van der Waals surface area (Å²) in [5.41, 5.74) is 1.13. The van der Waals surface area contributed by atoms with Gasteiger partial charge < -0.3 is 18.6 Å². The van der Waals surface area contributed by atoms with Gasteiger partial charge in [-0.3, -0.25) is 19.5 Å². The van der Waals surface area contributed by atoms with E-state index in [4.69, 9.17) is 18.6 Å². The number of furan rings is 1. The molecule has 0 unspecified atom stereocenters. The molecule has 3 heterocycles. The van der Waals surface area contributed by atoms with Gasteiger partial charge in [-0.05, 0) is 62.7 Å². The van der Waals surface area contributed by atoms with Gasteiger partial charge in [0.05, 0.1) is 58.7 Å². The van der Waals surface area contributed by atoms with Gasteiger partial charge in [0.2, 0.25) is 0 Å². The lowest BCUT2D eigenvalue weighted by Crippen LogP contribution is -2.39. The van der Waals surface area contributed by atoms with E-state index in [1.165, 1.54) is 17.7 Å². The highest BCUT2D eigenvalue weighted by Crippen LogP contribution is 2.35. The summed E-state index contributed by atoms with van der Waals surface area (Å²) in [6.45, 7) is 5.99. The number of nitro groups is 1. The van der Waals surface area contributed by atoms with Crippen LogP contribution in [0.4, 0.5) is 5.69 Å². The van der Waals surface area contributed by atoms with Crippen LogP contribution in [0.1, 0.15) is 38.1 Å². The SMILES string of the molecule is CCOC(=O)C1=C(C)N=c2s/c(=C\c3ccc(-c4ccc(OC)cc4[N+](=O)[O-])o3)c(=O)n2[C@@H]1c1ccc(OCC)cc1. The molecule has 2 aromatic carbocycles. The van der Waals surface area contributed by atoms with E-state index in [1.54, 1.807) is 56.3 Å². The Hall–Kier alpha value is -4.97. The number of carbonyl (C=O) groups excluding carboxylic acids is 1. The number of esters is 1. The number of carbonyl (C=O) groups is 1. The van der Waals surface area contributed by atoms with Crippen LogP contribution < -0.4 is 24.4 Å². The minimum absolute atomic E-state index is 0.170. The van der Waals surface area contributed by atoms with Gasteiger partial charge in [0.25, 0.3) is 11.2 Å². The zero-order valence-electron chi connectivity index (χ0n) is 23.3. The molecule has 11 nitrogen and oxygen atoms in total. The van der Waals surface area contributed by atoms with Crippen molar-refractivity contribution in [2.45, 2.75) is 26.8 Å². The topological polar surface area (TPSA) is 135 Å². The van der Waals surface area contributed by atoms with E-state index >= 15 is 0 Å². The molecule has 1 aliphatic heterocycles.